The van der Waals surface area contributed by atoms with E-state index in [-0.39, 0.29) is 42.6 Å². The third kappa shape index (κ3) is 5.71. The number of pyridine rings is 2. The molecule has 0 unspecified atom stereocenters. The lowest BCUT2D eigenvalue weighted by Crippen LogP contribution is -2.39. The molecule has 0 bridgehead atoms. The topological polar surface area (TPSA) is 67.3 Å². The molecule has 6 nitrogen and oxygen atoms in total. The van der Waals surface area contributed by atoms with Crippen molar-refractivity contribution >= 4 is 42.4 Å². The first-order valence-electron chi connectivity index (χ1n) is 9.53. The summed E-state index contributed by atoms with van der Waals surface area (Å²) >= 11 is 0. The van der Waals surface area contributed by atoms with Crippen molar-refractivity contribution in [1.29, 1.82) is 0 Å². The Bertz CT molecular complexity index is 878. The second-order valence-electron chi connectivity index (χ2n) is 7.58. The number of carbonyl (C=O) groups excluding carboxylic acids is 1. The Kier molecular flexibility index (Phi) is 7.99. The van der Waals surface area contributed by atoms with Crippen LogP contribution < -0.4 is 10.2 Å². The van der Waals surface area contributed by atoms with Crippen molar-refractivity contribution in [2.24, 2.45) is 5.92 Å². The van der Waals surface area contributed by atoms with Crippen LogP contribution >= 0.6 is 24.8 Å². The van der Waals surface area contributed by atoms with Crippen molar-refractivity contribution in [2.75, 3.05) is 23.3 Å². The molecule has 4 rings (SSSR count). The van der Waals surface area contributed by atoms with Crippen LogP contribution in [0.15, 0.2) is 42.7 Å². The van der Waals surface area contributed by atoms with Gasteiger partial charge < -0.3 is 10.1 Å². The summed E-state index contributed by atoms with van der Waals surface area (Å²) in [5.41, 5.74) is -0.690. The number of nitrogens with one attached hydrogen (secondary N) is 1. The quantitative estimate of drug-likeness (QED) is 0.642. The van der Waals surface area contributed by atoms with E-state index in [1.807, 2.05) is 6.07 Å². The molecule has 2 fully saturated rings. The number of aromatic nitrogens is 2. The number of halogens is 5. The average Bonchev–Trinajstić information content (AvgIpc) is 3.04. The normalized spacial score (nSPS) is 23.0. The molecule has 1 spiro atoms. The van der Waals surface area contributed by atoms with Crippen molar-refractivity contribution in [2.45, 2.75) is 37.5 Å². The molecular weight excluding hydrogens is 456 g/mol. The summed E-state index contributed by atoms with van der Waals surface area (Å²) in [6.45, 7) is 1.03. The Labute approximate surface area is 190 Å². The first-order valence-corrected chi connectivity index (χ1v) is 9.53. The molecule has 2 aromatic heterocycles. The van der Waals surface area contributed by atoms with Crippen LogP contribution in [0, 0.1) is 5.92 Å². The molecule has 2 aromatic rings. The lowest BCUT2D eigenvalue weighted by molar-refractivity contribution is -0.141. The van der Waals surface area contributed by atoms with Gasteiger partial charge in [-0.15, -0.1) is 24.8 Å². The fourth-order valence-electron chi connectivity index (χ4n) is 3.94. The van der Waals surface area contributed by atoms with Gasteiger partial charge in [-0.1, -0.05) is 6.07 Å². The Morgan fingerprint density at radius 1 is 1.16 bits per heavy atom. The van der Waals surface area contributed by atoms with Gasteiger partial charge in [0, 0.05) is 12.7 Å². The van der Waals surface area contributed by atoms with Crippen molar-refractivity contribution in [3.63, 3.8) is 0 Å². The molecule has 0 radical (unpaired) electrons. The third-order valence-corrected chi connectivity index (χ3v) is 5.56. The average molecular weight is 479 g/mol. The van der Waals surface area contributed by atoms with Crippen LogP contribution in [0.4, 0.5) is 29.5 Å². The molecule has 2 aliphatic rings. The Hall–Kier alpha value is -2.26. The van der Waals surface area contributed by atoms with Crippen LogP contribution in [0.5, 0.6) is 0 Å². The summed E-state index contributed by atoms with van der Waals surface area (Å²) in [6, 6.07) is 7.43. The number of ether oxygens (including phenoxy) is 1. The van der Waals surface area contributed by atoms with Gasteiger partial charge in [-0.25, -0.2) is 9.78 Å². The van der Waals surface area contributed by atoms with Crippen molar-refractivity contribution < 1.29 is 22.7 Å². The predicted octanol–water partition coefficient (Wildman–Crippen LogP) is 5.34. The van der Waals surface area contributed by atoms with E-state index in [0.29, 0.717) is 18.8 Å². The lowest BCUT2D eigenvalue weighted by atomic mass is 9.78. The van der Waals surface area contributed by atoms with Crippen molar-refractivity contribution in [3.8, 4) is 0 Å². The summed E-state index contributed by atoms with van der Waals surface area (Å²) in [6.07, 6.45) is 1.55. The van der Waals surface area contributed by atoms with Gasteiger partial charge in [0.05, 0.1) is 18.4 Å². The summed E-state index contributed by atoms with van der Waals surface area (Å²) in [5.74, 6) is 0.498. The third-order valence-electron chi connectivity index (χ3n) is 5.56. The van der Waals surface area contributed by atoms with Gasteiger partial charge in [0.25, 0.3) is 0 Å². The summed E-state index contributed by atoms with van der Waals surface area (Å²) in [7, 11) is 0. The number of nitrogens with zero attached hydrogens (tertiary/aromatic N) is 3. The predicted molar refractivity (Wildman–Crippen MR) is 115 cm³/mol. The number of alkyl halides is 3. The first kappa shape index (κ1) is 25.0. The Balaban J connectivity index is 0.00000171. The summed E-state index contributed by atoms with van der Waals surface area (Å²) in [4.78, 5) is 21.6. The maximum Gasteiger partial charge on any atom is 0.433 e. The number of anilines is 2. The highest BCUT2D eigenvalue weighted by Crippen LogP contribution is 2.40. The smallest absolute Gasteiger partial charge is 0.433 e. The van der Waals surface area contributed by atoms with E-state index in [1.54, 1.807) is 23.4 Å². The monoisotopic (exact) mass is 478 g/mol. The molecule has 3 heterocycles. The van der Waals surface area contributed by atoms with Crippen molar-refractivity contribution in [3.05, 3.63) is 48.4 Å². The molecule has 1 aliphatic carbocycles. The van der Waals surface area contributed by atoms with Crippen LogP contribution in [-0.4, -0.2) is 34.8 Å². The van der Waals surface area contributed by atoms with E-state index in [0.717, 1.165) is 31.7 Å². The van der Waals surface area contributed by atoms with Gasteiger partial charge in [0.1, 0.15) is 17.1 Å². The zero-order valence-electron chi connectivity index (χ0n) is 16.5. The highest BCUT2D eigenvalue weighted by molar-refractivity contribution is 5.90. The van der Waals surface area contributed by atoms with E-state index >= 15 is 0 Å². The molecule has 1 saturated carbocycles. The highest BCUT2D eigenvalue weighted by atomic mass is 35.5. The number of hydrogen-bond donors (Lipinski definition) is 1. The maximum atomic E-state index is 12.8. The minimum atomic E-state index is -4.46. The van der Waals surface area contributed by atoms with E-state index in [1.165, 1.54) is 12.1 Å². The number of carbonyl (C=O) groups is 1. The molecule has 11 heteroatoms. The van der Waals surface area contributed by atoms with E-state index in [9.17, 15) is 18.0 Å². The second kappa shape index (κ2) is 9.91. The fourth-order valence-corrected chi connectivity index (χ4v) is 3.94. The van der Waals surface area contributed by atoms with Crippen LogP contribution in [0.2, 0.25) is 0 Å². The molecule has 0 aromatic carbocycles. The minimum absolute atomic E-state index is 0. The SMILES string of the molecule is Cl.Cl.O=C1OC2(CCC(CNc3cccc(C(F)(F)F)n3)CC2)CN1c1cccnc1. The second-order valence-corrected chi connectivity index (χ2v) is 7.58. The van der Waals surface area contributed by atoms with Gasteiger partial charge in [-0.3, -0.25) is 9.88 Å². The van der Waals surface area contributed by atoms with Gasteiger partial charge in [-0.2, -0.15) is 13.2 Å². The molecule has 0 atom stereocenters. The largest absolute Gasteiger partial charge is 0.441 e. The van der Waals surface area contributed by atoms with Gasteiger partial charge >= 0.3 is 12.3 Å². The maximum absolute atomic E-state index is 12.8. The van der Waals surface area contributed by atoms with Gasteiger partial charge in [0.15, 0.2) is 0 Å². The number of amides is 1. The van der Waals surface area contributed by atoms with E-state index in [4.69, 9.17) is 4.74 Å². The van der Waals surface area contributed by atoms with Crippen LogP contribution in [0.3, 0.4) is 0 Å². The summed E-state index contributed by atoms with van der Waals surface area (Å²) in [5, 5.41) is 3.01. The van der Waals surface area contributed by atoms with E-state index in [2.05, 4.69) is 15.3 Å². The Morgan fingerprint density at radius 3 is 2.55 bits per heavy atom. The molecular formula is C20H23Cl2F3N4O2. The molecule has 1 saturated heterocycles. The zero-order chi connectivity index (χ0) is 20.5. The molecule has 1 N–H and O–H groups in total. The molecule has 31 heavy (non-hydrogen) atoms. The van der Waals surface area contributed by atoms with Crippen molar-refractivity contribution in [1.82, 2.24) is 9.97 Å². The number of rotatable bonds is 4. The van der Waals surface area contributed by atoms with Gasteiger partial charge in [0.2, 0.25) is 0 Å². The van der Waals surface area contributed by atoms with Gasteiger partial charge in [-0.05, 0) is 55.9 Å². The molecule has 1 aliphatic heterocycles. The minimum Gasteiger partial charge on any atom is -0.441 e. The van der Waals surface area contributed by atoms with E-state index < -0.39 is 17.5 Å². The fraction of sp³-hybridized carbons (Fsp3) is 0.450. The van der Waals surface area contributed by atoms with Crippen LogP contribution in [-0.2, 0) is 10.9 Å². The van der Waals surface area contributed by atoms with Crippen LogP contribution in [0.1, 0.15) is 31.4 Å². The molecule has 1 amide bonds. The Morgan fingerprint density at radius 2 is 1.90 bits per heavy atom. The standard InChI is InChI=1S/C20H21F3N4O2.2ClH/c21-20(22,23)16-4-1-5-17(26-16)25-11-14-6-8-19(9-7-14)13-27(18(28)29-19)15-3-2-10-24-12-15;;/h1-5,10,12,14H,6-9,11,13H2,(H,25,26);2*1H. The summed E-state index contributed by atoms with van der Waals surface area (Å²) < 4.78 is 44.1. The number of hydrogen-bond acceptors (Lipinski definition) is 5. The first-order chi connectivity index (χ1) is 13.8. The lowest BCUT2D eigenvalue weighted by Gasteiger charge is -2.35. The zero-order valence-corrected chi connectivity index (χ0v) is 18.1. The van der Waals surface area contributed by atoms with Crippen LogP contribution in [0.25, 0.3) is 0 Å². The molecule has 170 valence electrons. The highest BCUT2D eigenvalue weighted by Gasteiger charge is 2.47.